The first-order valence-electron chi connectivity index (χ1n) is 7.11. The van der Waals surface area contributed by atoms with Crippen LogP contribution in [0.4, 0.5) is 0 Å². The largest absolute Gasteiger partial charge is 0.497 e. The van der Waals surface area contributed by atoms with Crippen LogP contribution in [-0.4, -0.2) is 37.0 Å². The molecule has 5 heteroatoms. The summed E-state index contributed by atoms with van der Waals surface area (Å²) in [6.07, 6.45) is 1.67. The summed E-state index contributed by atoms with van der Waals surface area (Å²) in [5.41, 5.74) is 0.0170. The van der Waals surface area contributed by atoms with Gasteiger partial charge in [-0.3, -0.25) is 4.79 Å². The first kappa shape index (κ1) is 17.9. The molecule has 0 aliphatic heterocycles. The number of aliphatic hydroxyl groups excluding tert-OH is 1. The molecule has 0 atom stereocenters. The van der Waals surface area contributed by atoms with E-state index >= 15 is 0 Å². The van der Waals surface area contributed by atoms with Crippen molar-refractivity contribution in [1.82, 2.24) is 5.32 Å². The fourth-order valence-electron chi connectivity index (χ4n) is 1.86. The first-order chi connectivity index (χ1) is 9.96. The van der Waals surface area contributed by atoms with Crippen LogP contribution in [0.2, 0.25) is 0 Å². The van der Waals surface area contributed by atoms with Gasteiger partial charge in [0.1, 0.15) is 5.75 Å². The minimum atomic E-state index is 0.0170. The number of hydrogen-bond donors (Lipinski definition) is 2. The van der Waals surface area contributed by atoms with Crippen LogP contribution in [0.5, 0.6) is 5.75 Å². The highest BCUT2D eigenvalue weighted by atomic mass is 32.2. The van der Waals surface area contributed by atoms with Gasteiger partial charge in [-0.1, -0.05) is 13.8 Å². The Morgan fingerprint density at radius 3 is 2.57 bits per heavy atom. The van der Waals surface area contributed by atoms with Crippen LogP contribution in [0.3, 0.4) is 0 Å². The monoisotopic (exact) mass is 311 g/mol. The summed E-state index contributed by atoms with van der Waals surface area (Å²) in [7, 11) is 1.63. The Balaban J connectivity index is 2.30. The number of hydrogen-bond acceptors (Lipinski definition) is 4. The van der Waals surface area contributed by atoms with E-state index in [0.717, 1.165) is 23.5 Å². The van der Waals surface area contributed by atoms with E-state index in [1.807, 2.05) is 24.3 Å². The molecular formula is C16H25NO3S. The van der Waals surface area contributed by atoms with Crippen LogP contribution in [0.1, 0.15) is 26.7 Å². The number of benzene rings is 1. The molecule has 1 aromatic rings. The summed E-state index contributed by atoms with van der Waals surface area (Å²) >= 11 is 1.51. The van der Waals surface area contributed by atoms with Crippen molar-refractivity contribution in [1.29, 1.82) is 0 Å². The van der Waals surface area contributed by atoms with E-state index in [1.165, 1.54) is 11.8 Å². The molecule has 0 bridgehead atoms. The van der Waals surface area contributed by atoms with E-state index in [-0.39, 0.29) is 17.9 Å². The molecule has 2 N–H and O–H groups in total. The smallest absolute Gasteiger partial charge is 0.230 e. The highest BCUT2D eigenvalue weighted by molar-refractivity contribution is 8.00. The van der Waals surface area contributed by atoms with Crippen molar-refractivity contribution in [2.24, 2.45) is 5.41 Å². The number of rotatable bonds is 9. The number of aliphatic hydroxyl groups is 1. The van der Waals surface area contributed by atoms with Crippen molar-refractivity contribution in [3.05, 3.63) is 24.3 Å². The summed E-state index contributed by atoms with van der Waals surface area (Å²) in [6, 6.07) is 7.67. The third-order valence-corrected chi connectivity index (χ3v) is 4.22. The summed E-state index contributed by atoms with van der Waals surface area (Å²) in [5, 5.41) is 11.8. The van der Waals surface area contributed by atoms with Crippen LogP contribution in [0, 0.1) is 5.41 Å². The zero-order valence-electron chi connectivity index (χ0n) is 13.0. The lowest BCUT2D eigenvalue weighted by Crippen LogP contribution is -2.35. The molecule has 0 saturated carbocycles. The van der Waals surface area contributed by atoms with Crippen LogP contribution in [0.15, 0.2) is 29.2 Å². The van der Waals surface area contributed by atoms with Gasteiger partial charge in [0.25, 0.3) is 0 Å². The second kappa shape index (κ2) is 8.95. The van der Waals surface area contributed by atoms with Gasteiger partial charge in [-0.25, -0.2) is 0 Å². The van der Waals surface area contributed by atoms with Crippen LogP contribution in [0.25, 0.3) is 0 Å². The molecule has 0 radical (unpaired) electrons. The minimum Gasteiger partial charge on any atom is -0.497 e. The molecular weight excluding hydrogens is 286 g/mol. The highest BCUT2D eigenvalue weighted by Gasteiger charge is 2.18. The van der Waals surface area contributed by atoms with E-state index in [2.05, 4.69) is 19.2 Å². The molecule has 1 amide bonds. The summed E-state index contributed by atoms with van der Waals surface area (Å²) in [5.74, 6) is 1.25. The predicted octanol–water partition coefficient (Wildman–Crippen LogP) is 2.70. The molecule has 0 aromatic heterocycles. The number of nitrogens with one attached hydrogen (secondary N) is 1. The minimum absolute atomic E-state index is 0.0170. The lowest BCUT2D eigenvalue weighted by Gasteiger charge is -2.24. The molecule has 1 rings (SSSR count). The zero-order valence-corrected chi connectivity index (χ0v) is 13.8. The van der Waals surface area contributed by atoms with Gasteiger partial charge in [-0.15, -0.1) is 11.8 Å². The Bertz CT molecular complexity index is 432. The third kappa shape index (κ3) is 7.39. The standard InChI is InChI=1S/C16H25NO3S/c1-16(2,9-4-10-18)12-17-15(19)11-21-14-7-5-13(20-3)6-8-14/h5-8,18H,4,9-12H2,1-3H3,(H,17,19). The van der Waals surface area contributed by atoms with Crippen LogP contribution in [-0.2, 0) is 4.79 Å². The summed E-state index contributed by atoms with van der Waals surface area (Å²) < 4.78 is 5.10. The Hall–Kier alpha value is -1.20. The number of thioether (sulfide) groups is 1. The lowest BCUT2D eigenvalue weighted by atomic mass is 9.88. The molecule has 118 valence electrons. The number of carbonyl (C=O) groups excluding carboxylic acids is 1. The van der Waals surface area contributed by atoms with Crippen molar-refractivity contribution in [3.63, 3.8) is 0 Å². The number of amides is 1. The second-order valence-electron chi connectivity index (χ2n) is 5.73. The maximum Gasteiger partial charge on any atom is 0.230 e. The van der Waals surface area contributed by atoms with Gasteiger partial charge in [0.05, 0.1) is 12.9 Å². The number of carbonyl (C=O) groups is 1. The normalized spacial score (nSPS) is 11.2. The number of ether oxygens (including phenoxy) is 1. The summed E-state index contributed by atoms with van der Waals surface area (Å²) in [6.45, 7) is 5.03. The molecule has 21 heavy (non-hydrogen) atoms. The fraction of sp³-hybridized carbons (Fsp3) is 0.562. The lowest BCUT2D eigenvalue weighted by molar-refractivity contribution is -0.119. The molecule has 0 saturated heterocycles. The highest BCUT2D eigenvalue weighted by Crippen LogP contribution is 2.22. The van der Waals surface area contributed by atoms with E-state index < -0.39 is 0 Å². The van der Waals surface area contributed by atoms with Crippen molar-refractivity contribution in [3.8, 4) is 5.75 Å². The predicted molar refractivity (Wildman–Crippen MR) is 86.8 cm³/mol. The van der Waals surface area contributed by atoms with Gasteiger partial charge in [0.15, 0.2) is 0 Å². The van der Waals surface area contributed by atoms with E-state index in [9.17, 15) is 4.79 Å². The van der Waals surface area contributed by atoms with Gasteiger partial charge < -0.3 is 15.2 Å². The average Bonchev–Trinajstić information content (AvgIpc) is 2.49. The molecule has 0 aliphatic rings. The molecule has 0 unspecified atom stereocenters. The van der Waals surface area contributed by atoms with Crippen LogP contribution >= 0.6 is 11.8 Å². The Labute approximate surface area is 131 Å². The molecule has 0 fully saturated rings. The van der Waals surface area contributed by atoms with E-state index in [4.69, 9.17) is 9.84 Å². The molecule has 4 nitrogen and oxygen atoms in total. The molecule has 1 aromatic carbocycles. The Morgan fingerprint density at radius 1 is 1.33 bits per heavy atom. The maximum absolute atomic E-state index is 11.9. The van der Waals surface area contributed by atoms with Gasteiger partial charge in [0, 0.05) is 18.0 Å². The molecule has 0 spiro atoms. The van der Waals surface area contributed by atoms with Crippen molar-refractivity contribution in [2.75, 3.05) is 26.0 Å². The first-order valence-corrected chi connectivity index (χ1v) is 8.10. The fourth-order valence-corrected chi connectivity index (χ4v) is 2.58. The van der Waals surface area contributed by atoms with Gasteiger partial charge in [-0.05, 0) is 42.5 Å². The van der Waals surface area contributed by atoms with E-state index in [1.54, 1.807) is 7.11 Å². The summed E-state index contributed by atoms with van der Waals surface area (Å²) in [4.78, 5) is 12.9. The Morgan fingerprint density at radius 2 is 2.00 bits per heavy atom. The van der Waals surface area contributed by atoms with Gasteiger partial charge in [-0.2, -0.15) is 0 Å². The number of methoxy groups -OCH3 is 1. The SMILES string of the molecule is COc1ccc(SCC(=O)NCC(C)(C)CCCO)cc1. The maximum atomic E-state index is 11.9. The third-order valence-electron chi connectivity index (χ3n) is 3.21. The van der Waals surface area contributed by atoms with Crippen molar-refractivity contribution >= 4 is 17.7 Å². The van der Waals surface area contributed by atoms with Crippen molar-refractivity contribution < 1.29 is 14.6 Å². The molecule has 0 aliphatic carbocycles. The zero-order chi connectivity index (χ0) is 15.7. The van der Waals surface area contributed by atoms with Crippen LogP contribution < -0.4 is 10.1 Å². The van der Waals surface area contributed by atoms with Crippen molar-refractivity contribution in [2.45, 2.75) is 31.6 Å². The van der Waals surface area contributed by atoms with Gasteiger partial charge in [0.2, 0.25) is 5.91 Å². The molecule has 0 heterocycles. The average molecular weight is 311 g/mol. The topological polar surface area (TPSA) is 58.6 Å². The van der Waals surface area contributed by atoms with Gasteiger partial charge >= 0.3 is 0 Å². The second-order valence-corrected chi connectivity index (χ2v) is 6.78. The Kier molecular flexibility index (Phi) is 7.61. The van der Waals surface area contributed by atoms with E-state index in [0.29, 0.717) is 12.3 Å². The quantitative estimate of drug-likeness (QED) is 0.689.